The molecule has 0 radical (unpaired) electrons. The molecule has 0 atom stereocenters. The number of rotatable bonds is 5. The molecule has 0 aliphatic rings. The molecule has 0 rings (SSSR count). The SMILES string of the molecule is CC(C)(C)CNC(=O)CC(C#N)(C#N)CCC(F)(F)F. The minimum absolute atomic E-state index is 0.191. The maximum atomic E-state index is 12.2. The number of halogens is 3. The summed E-state index contributed by atoms with van der Waals surface area (Å²) in [5.74, 6) is -0.592. The summed E-state index contributed by atoms with van der Waals surface area (Å²) in [7, 11) is 0. The molecule has 0 spiro atoms. The maximum Gasteiger partial charge on any atom is 0.389 e. The van der Waals surface area contributed by atoms with Crippen LogP contribution < -0.4 is 5.32 Å². The second-order valence-electron chi connectivity index (χ2n) is 5.94. The van der Waals surface area contributed by atoms with Gasteiger partial charge in [0.05, 0.1) is 18.6 Å². The quantitative estimate of drug-likeness (QED) is 0.845. The molecule has 4 nitrogen and oxygen atoms in total. The van der Waals surface area contributed by atoms with Gasteiger partial charge in [0.25, 0.3) is 0 Å². The second kappa shape index (κ2) is 6.60. The average molecular weight is 289 g/mol. The van der Waals surface area contributed by atoms with E-state index in [9.17, 15) is 18.0 Å². The van der Waals surface area contributed by atoms with Crippen LogP contribution in [0, 0.1) is 33.5 Å². The number of amides is 1. The van der Waals surface area contributed by atoms with Gasteiger partial charge < -0.3 is 5.32 Å². The van der Waals surface area contributed by atoms with Crippen LogP contribution in [-0.2, 0) is 4.79 Å². The minimum Gasteiger partial charge on any atom is -0.355 e. The molecule has 112 valence electrons. The Balaban J connectivity index is 4.67. The number of alkyl halides is 3. The lowest BCUT2D eigenvalue weighted by Gasteiger charge is -2.22. The molecule has 0 aromatic rings. The first-order chi connectivity index (χ1) is 8.93. The molecule has 0 unspecified atom stereocenters. The summed E-state index contributed by atoms with van der Waals surface area (Å²) in [6.45, 7) is 5.94. The van der Waals surface area contributed by atoms with Crippen LogP contribution in [0.5, 0.6) is 0 Å². The highest BCUT2D eigenvalue weighted by Crippen LogP contribution is 2.32. The van der Waals surface area contributed by atoms with E-state index in [0.29, 0.717) is 6.54 Å². The summed E-state index contributed by atoms with van der Waals surface area (Å²) in [4.78, 5) is 11.7. The lowest BCUT2D eigenvalue weighted by Crippen LogP contribution is -2.36. The van der Waals surface area contributed by atoms with Gasteiger partial charge in [-0.1, -0.05) is 20.8 Å². The molecule has 0 heterocycles. The molecule has 0 aromatic carbocycles. The van der Waals surface area contributed by atoms with Crippen molar-refractivity contribution in [3.8, 4) is 12.1 Å². The molecule has 7 heteroatoms. The first-order valence-electron chi connectivity index (χ1n) is 6.09. The Morgan fingerprint density at radius 2 is 1.60 bits per heavy atom. The van der Waals surface area contributed by atoms with Gasteiger partial charge >= 0.3 is 6.18 Å². The van der Waals surface area contributed by atoms with E-state index in [0.717, 1.165) is 0 Å². The summed E-state index contributed by atoms with van der Waals surface area (Å²) in [5.41, 5.74) is -2.12. The lowest BCUT2D eigenvalue weighted by atomic mass is 9.82. The van der Waals surface area contributed by atoms with E-state index < -0.39 is 36.8 Å². The summed E-state index contributed by atoms with van der Waals surface area (Å²) >= 11 is 0. The summed E-state index contributed by atoms with van der Waals surface area (Å²) in [6, 6.07) is 3.09. The third-order valence-corrected chi connectivity index (χ3v) is 2.54. The molecule has 0 aliphatic carbocycles. The van der Waals surface area contributed by atoms with E-state index in [4.69, 9.17) is 10.5 Å². The van der Waals surface area contributed by atoms with E-state index in [1.54, 1.807) is 12.1 Å². The third-order valence-electron chi connectivity index (χ3n) is 2.54. The minimum atomic E-state index is -4.46. The topological polar surface area (TPSA) is 76.7 Å². The lowest BCUT2D eigenvalue weighted by molar-refractivity contribution is -0.139. The van der Waals surface area contributed by atoms with Crippen molar-refractivity contribution in [2.75, 3.05) is 6.54 Å². The molecule has 1 amide bonds. The largest absolute Gasteiger partial charge is 0.389 e. The van der Waals surface area contributed by atoms with E-state index in [1.807, 2.05) is 20.8 Å². The highest BCUT2D eigenvalue weighted by molar-refractivity contribution is 5.77. The molecule has 0 bridgehead atoms. The Bertz CT molecular complexity index is 410. The fourth-order valence-corrected chi connectivity index (χ4v) is 1.36. The molecule has 20 heavy (non-hydrogen) atoms. The van der Waals surface area contributed by atoms with Gasteiger partial charge in [0, 0.05) is 13.0 Å². The predicted molar refractivity (Wildman–Crippen MR) is 66.0 cm³/mol. The van der Waals surface area contributed by atoms with Crippen LogP contribution in [0.4, 0.5) is 13.2 Å². The number of hydrogen-bond acceptors (Lipinski definition) is 3. The smallest absolute Gasteiger partial charge is 0.355 e. The Morgan fingerprint density at radius 3 is 1.95 bits per heavy atom. The first-order valence-corrected chi connectivity index (χ1v) is 6.09. The van der Waals surface area contributed by atoms with Crippen molar-refractivity contribution in [1.29, 1.82) is 10.5 Å². The number of carbonyl (C=O) groups is 1. The number of nitriles is 2. The number of nitrogens with zero attached hydrogens (tertiary/aromatic N) is 2. The van der Waals surface area contributed by atoms with Crippen LogP contribution in [0.2, 0.25) is 0 Å². The van der Waals surface area contributed by atoms with E-state index in [1.165, 1.54) is 0 Å². The van der Waals surface area contributed by atoms with Crippen LogP contribution >= 0.6 is 0 Å². The second-order valence-corrected chi connectivity index (χ2v) is 5.94. The van der Waals surface area contributed by atoms with Crippen molar-refractivity contribution in [3.05, 3.63) is 0 Å². The van der Waals surface area contributed by atoms with Crippen molar-refractivity contribution in [3.63, 3.8) is 0 Å². The van der Waals surface area contributed by atoms with Gasteiger partial charge in [-0.3, -0.25) is 4.79 Å². The summed E-state index contributed by atoms with van der Waals surface area (Å²) in [6.07, 6.45) is -6.97. The van der Waals surface area contributed by atoms with Crippen molar-refractivity contribution in [1.82, 2.24) is 5.32 Å². The highest BCUT2D eigenvalue weighted by Gasteiger charge is 2.38. The molecule has 0 fully saturated rings. The van der Waals surface area contributed by atoms with Gasteiger partial charge in [-0.05, 0) is 11.8 Å². The molecular formula is C13H18F3N3O. The predicted octanol–water partition coefficient (Wildman–Crippen LogP) is 2.91. The summed E-state index contributed by atoms with van der Waals surface area (Å²) < 4.78 is 36.5. The van der Waals surface area contributed by atoms with Gasteiger partial charge in [0.1, 0.15) is 0 Å². The number of hydrogen-bond donors (Lipinski definition) is 1. The van der Waals surface area contributed by atoms with Gasteiger partial charge in [0.2, 0.25) is 5.91 Å². The zero-order valence-electron chi connectivity index (χ0n) is 11.8. The first kappa shape index (κ1) is 18.2. The number of carbonyl (C=O) groups excluding carboxylic acids is 1. The summed E-state index contributed by atoms with van der Waals surface area (Å²) in [5, 5.41) is 20.4. The standard InChI is InChI=1S/C13H18F3N3O/c1-11(2,3)9-19-10(20)6-12(7-17,8-18)4-5-13(14,15)16/h4-6,9H2,1-3H3,(H,19,20). The van der Waals surface area contributed by atoms with Crippen LogP contribution in [0.3, 0.4) is 0 Å². The molecular weight excluding hydrogens is 271 g/mol. The average Bonchev–Trinajstić information content (AvgIpc) is 2.30. The molecule has 0 saturated carbocycles. The van der Waals surface area contributed by atoms with Crippen LogP contribution in [-0.4, -0.2) is 18.6 Å². The van der Waals surface area contributed by atoms with Crippen molar-refractivity contribution < 1.29 is 18.0 Å². The molecule has 0 saturated heterocycles. The van der Waals surface area contributed by atoms with E-state index in [2.05, 4.69) is 5.32 Å². The van der Waals surface area contributed by atoms with Gasteiger partial charge in [-0.2, -0.15) is 23.7 Å². The molecule has 0 aromatic heterocycles. The van der Waals surface area contributed by atoms with Crippen LogP contribution in [0.1, 0.15) is 40.0 Å². The van der Waals surface area contributed by atoms with Crippen molar-refractivity contribution in [2.24, 2.45) is 10.8 Å². The van der Waals surface area contributed by atoms with Gasteiger partial charge in [0.15, 0.2) is 5.41 Å². The monoisotopic (exact) mass is 289 g/mol. The zero-order chi connectivity index (χ0) is 16.0. The van der Waals surface area contributed by atoms with E-state index in [-0.39, 0.29) is 5.41 Å². The Kier molecular flexibility index (Phi) is 6.02. The normalized spacial score (nSPS) is 12.4. The van der Waals surface area contributed by atoms with Crippen LogP contribution in [0.15, 0.2) is 0 Å². The van der Waals surface area contributed by atoms with Crippen molar-refractivity contribution >= 4 is 5.91 Å². The molecule has 1 N–H and O–H groups in total. The third kappa shape index (κ3) is 7.63. The maximum absolute atomic E-state index is 12.2. The Labute approximate surface area is 116 Å². The fourth-order valence-electron chi connectivity index (χ4n) is 1.36. The Hall–Kier alpha value is -1.76. The molecule has 0 aliphatic heterocycles. The number of nitrogens with one attached hydrogen (secondary N) is 1. The van der Waals surface area contributed by atoms with Gasteiger partial charge in [-0.25, -0.2) is 0 Å². The zero-order valence-corrected chi connectivity index (χ0v) is 11.8. The fraction of sp³-hybridized carbons (Fsp3) is 0.769. The van der Waals surface area contributed by atoms with Crippen LogP contribution in [0.25, 0.3) is 0 Å². The van der Waals surface area contributed by atoms with Crippen molar-refractivity contribution in [2.45, 2.75) is 46.2 Å². The Morgan fingerprint density at radius 1 is 1.10 bits per heavy atom. The highest BCUT2D eigenvalue weighted by atomic mass is 19.4. The van der Waals surface area contributed by atoms with E-state index >= 15 is 0 Å². The van der Waals surface area contributed by atoms with Gasteiger partial charge in [-0.15, -0.1) is 0 Å².